The molecule has 2 saturated heterocycles. The molecule has 0 unspecified atom stereocenters. The third-order valence-corrected chi connectivity index (χ3v) is 5.95. The highest BCUT2D eigenvalue weighted by molar-refractivity contribution is 6.19. The van der Waals surface area contributed by atoms with Crippen LogP contribution in [0, 0.1) is 0 Å². The summed E-state index contributed by atoms with van der Waals surface area (Å²) < 4.78 is 5.22. The van der Waals surface area contributed by atoms with Crippen molar-refractivity contribution in [2.75, 3.05) is 18.6 Å². The van der Waals surface area contributed by atoms with Crippen molar-refractivity contribution >= 4 is 23.5 Å². The summed E-state index contributed by atoms with van der Waals surface area (Å²) in [7, 11) is 1.52. The largest absolute Gasteiger partial charge is 0.497 e. The van der Waals surface area contributed by atoms with Crippen molar-refractivity contribution in [3.8, 4) is 5.75 Å². The van der Waals surface area contributed by atoms with Crippen LogP contribution in [-0.4, -0.2) is 48.5 Å². The van der Waals surface area contributed by atoms with E-state index in [1.54, 1.807) is 29.2 Å². The van der Waals surface area contributed by atoms with Crippen molar-refractivity contribution in [3.63, 3.8) is 0 Å². The maximum atomic E-state index is 13.4. The van der Waals surface area contributed by atoms with Crippen molar-refractivity contribution < 1.29 is 19.1 Å². The van der Waals surface area contributed by atoms with Gasteiger partial charge in [-0.3, -0.25) is 9.59 Å². The Morgan fingerprint density at radius 1 is 1.10 bits per heavy atom. The molecule has 2 heterocycles. The van der Waals surface area contributed by atoms with Crippen LogP contribution in [0.15, 0.2) is 48.5 Å². The Labute approximate surface area is 182 Å². The molecule has 4 rings (SSSR count). The highest BCUT2D eigenvalue weighted by atomic mass is 16.5. The number of fused-ring (bicyclic) bond motifs is 1. The van der Waals surface area contributed by atoms with Gasteiger partial charge in [-0.1, -0.05) is 39.0 Å². The number of hydrogen-bond donors (Lipinski definition) is 1. The molecule has 2 aliphatic rings. The fourth-order valence-electron chi connectivity index (χ4n) is 4.20. The van der Waals surface area contributed by atoms with Crippen LogP contribution in [0.1, 0.15) is 43.1 Å². The lowest BCUT2D eigenvalue weighted by Crippen LogP contribution is -2.65. The molecule has 0 bridgehead atoms. The maximum absolute atomic E-state index is 13.4. The number of imide groups is 1. The Bertz CT molecular complexity index is 1030. The first kappa shape index (κ1) is 20.9. The van der Waals surface area contributed by atoms with E-state index in [1.807, 2.05) is 24.3 Å². The average Bonchev–Trinajstić information content (AvgIpc) is 3.17. The fraction of sp³-hybridized carbons (Fsp3) is 0.375. The maximum Gasteiger partial charge on any atom is 0.329 e. The number of hydrogen-bond acceptors (Lipinski definition) is 4. The molecule has 2 aliphatic heterocycles. The van der Waals surface area contributed by atoms with Crippen LogP contribution in [0.3, 0.4) is 0 Å². The molecule has 0 aromatic heterocycles. The van der Waals surface area contributed by atoms with E-state index in [4.69, 9.17) is 4.74 Å². The Morgan fingerprint density at radius 2 is 1.81 bits per heavy atom. The molecule has 1 N–H and O–H groups in total. The number of methoxy groups -OCH3 is 1. The van der Waals surface area contributed by atoms with Crippen LogP contribution in [0.25, 0.3) is 0 Å². The lowest BCUT2D eigenvalue weighted by atomic mass is 9.86. The summed E-state index contributed by atoms with van der Waals surface area (Å²) in [6.45, 7) is 6.76. The third kappa shape index (κ3) is 3.76. The number of anilines is 1. The molecular formula is C24H27N3O4. The second-order valence-corrected chi connectivity index (χ2v) is 8.99. The molecule has 31 heavy (non-hydrogen) atoms. The number of likely N-dealkylation sites (tertiary alicyclic amines) is 1. The molecule has 0 spiro atoms. The predicted octanol–water partition coefficient (Wildman–Crippen LogP) is 3.33. The summed E-state index contributed by atoms with van der Waals surface area (Å²) in [6, 6.07) is 12.7. The van der Waals surface area contributed by atoms with Crippen LogP contribution in [0.2, 0.25) is 0 Å². The number of carbonyl (C=O) groups is 3. The first-order valence-corrected chi connectivity index (χ1v) is 10.4. The van der Waals surface area contributed by atoms with Crippen LogP contribution < -0.4 is 15.0 Å². The Kier molecular flexibility index (Phi) is 5.21. The van der Waals surface area contributed by atoms with Crippen molar-refractivity contribution in [2.24, 2.45) is 0 Å². The number of urea groups is 1. The number of rotatable bonds is 3. The van der Waals surface area contributed by atoms with E-state index in [9.17, 15) is 14.4 Å². The number of amides is 4. The molecule has 2 aromatic rings. The highest BCUT2D eigenvalue weighted by Crippen LogP contribution is 2.31. The monoisotopic (exact) mass is 421 g/mol. The molecule has 7 nitrogen and oxygen atoms in total. The average molecular weight is 421 g/mol. The van der Waals surface area contributed by atoms with E-state index in [1.165, 1.54) is 7.11 Å². The van der Waals surface area contributed by atoms with E-state index < -0.39 is 18.0 Å². The zero-order valence-corrected chi connectivity index (χ0v) is 18.2. The van der Waals surface area contributed by atoms with E-state index in [0.717, 1.165) is 10.5 Å². The minimum Gasteiger partial charge on any atom is -0.497 e. The molecule has 162 valence electrons. The lowest BCUT2D eigenvalue weighted by Gasteiger charge is -2.37. The Hall–Kier alpha value is -3.35. The van der Waals surface area contributed by atoms with E-state index in [2.05, 4.69) is 26.1 Å². The van der Waals surface area contributed by atoms with E-state index >= 15 is 0 Å². The predicted molar refractivity (Wildman–Crippen MR) is 117 cm³/mol. The molecule has 2 aromatic carbocycles. The van der Waals surface area contributed by atoms with Crippen LogP contribution in [-0.2, 0) is 10.2 Å². The van der Waals surface area contributed by atoms with Gasteiger partial charge in [0.05, 0.1) is 18.8 Å². The number of benzene rings is 2. The van der Waals surface area contributed by atoms with Gasteiger partial charge < -0.3 is 15.0 Å². The van der Waals surface area contributed by atoms with Crippen molar-refractivity contribution in [1.82, 2.24) is 10.2 Å². The van der Waals surface area contributed by atoms with Gasteiger partial charge in [0.15, 0.2) is 0 Å². The number of nitrogens with one attached hydrogen (secondary N) is 1. The fourth-order valence-corrected chi connectivity index (χ4v) is 4.20. The van der Waals surface area contributed by atoms with Gasteiger partial charge in [-0.2, -0.15) is 0 Å². The minimum atomic E-state index is -0.737. The molecule has 0 saturated carbocycles. The summed E-state index contributed by atoms with van der Waals surface area (Å²) in [5, 5.41) is 2.89. The minimum absolute atomic E-state index is 0.0127. The summed E-state index contributed by atoms with van der Waals surface area (Å²) in [4.78, 5) is 42.0. The van der Waals surface area contributed by atoms with Crippen LogP contribution in [0.5, 0.6) is 5.75 Å². The normalized spacial score (nSPS) is 21.0. The SMILES string of the molecule is COc1cccc(N2C(=O)N[C@@H]3CCN(C(=O)c4ccc(C(C)(C)C)cc4)[C@@H]3C2=O)c1. The van der Waals surface area contributed by atoms with Crippen molar-refractivity contribution in [1.29, 1.82) is 0 Å². The van der Waals surface area contributed by atoms with Gasteiger partial charge in [-0.25, -0.2) is 9.69 Å². The topological polar surface area (TPSA) is 79.0 Å². The summed E-state index contributed by atoms with van der Waals surface area (Å²) in [6.07, 6.45) is 0.542. The van der Waals surface area contributed by atoms with E-state index in [0.29, 0.717) is 30.0 Å². The quantitative estimate of drug-likeness (QED) is 0.825. The Morgan fingerprint density at radius 3 is 2.45 bits per heavy atom. The zero-order valence-electron chi connectivity index (χ0n) is 18.2. The molecule has 0 aliphatic carbocycles. The zero-order chi connectivity index (χ0) is 22.3. The third-order valence-electron chi connectivity index (χ3n) is 5.95. The molecule has 2 fully saturated rings. The van der Waals surface area contributed by atoms with Gasteiger partial charge in [0, 0.05) is 18.2 Å². The van der Waals surface area contributed by atoms with Gasteiger partial charge >= 0.3 is 6.03 Å². The number of nitrogens with zero attached hydrogens (tertiary/aromatic N) is 2. The van der Waals surface area contributed by atoms with Crippen molar-refractivity contribution in [3.05, 3.63) is 59.7 Å². The van der Waals surface area contributed by atoms with E-state index in [-0.39, 0.29) is 17.4 Å². The first-order chi connectivity index (χ1) is 14.7. The molecular weight excluding hydrogens is 394 g/mol. The van der Waals surface area contributed by atoms with Crippen LogP contribution in [0.4, 0.5) is 10.5 Å². The molecule has 2 atom stereocenters. The molecule has 4 amide bonds. The lowest BCUT2D eigenvalue weighted by molar-refractivity contribution is -0.122. The van der Waals surface area contributed by atoms with Gasteiger partial charge in [0.25, 0.3) is 11.8 Å². The number of ether oxygens (including phenoxy) is 1. The molecule has 0 radical (unpaired) electrons. The summed E-state index contributed by atoms with van der Waals surface area (Å²) in [5.74, 6) is -0.0688. The first-order valence-electron chi connectivity index (χ1n) is 10.4. The smallest absolute Gasteiger partial charge is 0.329 e. The van der Waals surface area contributed by atoms with Gasteiger partial charge in [0.2, 0.25) is 0 Å². The van der Waals surface area contributed by atoms with Gasteiger partial charge in [-0.05, 0) is 41.7 Å². The standard InChI is InChI=1S/C24H27N3O4/c1-24(2,3)16-10-8-15(9-11-16)21(28)26-13-12-19-20(26)22(29)27(23(30)25-19)17-6-5-7-18(14-17)31-4/h5-11,14,19-20H,12-13H2,1-4H3,(H,25,30)/t19-,20+/m1/s1. The van der Waals surface area contributed by atoms with Gasteiger partial charge in [0.1, 0.15) is 11.8 Å². The molecule has 7 heteroatoms. The summed E-state index contributed by atoms with van der Waals surface area (Å²) in [5.41, 5.74) is 2.07. The van der Waals surface area contributed by atoms with Crippen molar-refractivity contribution in [2.45, 2.75) is 44.7 Å². The highest BCUT2D eigenvalue weighted by Gasteiger charge is 2.50. The second kappa shape index (κ2) is 7.72. The van der Waals surface area contributed by atoms with Gasteiger partial charge in [-0.15, -0.1) is 0 Å². The Balaban J connectivity index is 1.61. The summed E-state index contributed by atoms with van der Waals surface area (Å²) >= 11 is 0. The van der Waals surface area contributed by atoms with Crippen LogP contribution >= 0.6 is 0 Å². The second-order valence-electron chi connectivity index (χ2n) is 8.99. The number of carbonyl (C=O) groups excluding carboxylic acids is 3.